The molecule has 1 atom stereocenters. The van der Waals surface area contributed by atoms with Crippen LogP contribution in [0.5, 0.6) is 0 Å². The number of nitrogens with zero attached hydrogens (tertiary/aromatic N) is 3. The number of amides is 1. The number of aromatic nitrogens is 3. The van der Waals surface area contributed by atoms with Crippen molar-refractivity contribution in [2.24, 2.45) is 0 Å². The van der Waals surface area contributed by atoms with Crippen molar-refractivity contribution in [1.82, 2.24) is 19.4 Å². The van der Waals surface area contributed by atoms with Gasteiger partial charge in [-0.05, 0) is 25.3 Å². The maximum absolute atomic E-state index is 13.1. The van der Waals surface area contributed by atoms with Crippen molar-refractivity contribution in [2.75, 3.05) is 13.1 Å². The van der Waals surface area contributed by atoms with Gasteiger partial charge in [0.1, 0.15) is 11.5 Å². The summed E-state index contributed by atoms with van der Waals surface area (Å²) in [6.45, 7) is 4.64. The third-order valence-corrected chi connectivity index (χ3v) is 5.82. The molecular weight excluding hydrogens is 360 g/mol. The molecule has 1 fully saturated rings. The van der Waals surface area contributed by atoms with Crippen LogP contribution >= 0.6 is 11.6 Å². The molecule has 4 rings (SSSR count). The van der Waals surface area contributed by atoms with Crippen molar-refractivity contribution >= 4 is 28.4 Å². The Balaban J connectivity index is 1.55. The minimum atomic E-state index is -0.0208. The number of hydrogen-bond acceptors (Lipinski definition) is 2. The van der Waals surface area contributed by atoms with Crippen molar-refractivity contribution in [3.8, 4) is 0 Å². The van der Waals surface area contributed by atoms with Crippen LogP contribution < -0.4 is 0 Å². The predicted octanol–water partition coefficient (Wildman–Crippen LogP) is 4.84. The van der Waals surface area contributed by atoms with Crippen LogP contribution in [0.25, 0.3) is 10.9 Å². The highest BCUT2D eigenvalue weighted by Crippen LogP contribution is 2.31. The number of para-hydroxylation sites is 1. The van der Waals surface area contributed by atoms with E-state index in [2.05, 4.69) is 27.7 Å². The van der Waals surface area contributed by atoms with Gasteiger partial charge in [0.05, 0.1) is 5.02 Å². The van der Waals surface area contributed by atoms with Crippen LogP contribution in [0.1, 0.15) is 54.8 Å². The van der Waals surface area contributed by atoms with Gasteiger partial charge in [0.15, 0.2) is 0 Å². The Morgan fingerprint density at radius 3 is 3.04 bits per heavy atom. The van der Waals surface area contributed by atoms with E-state index < -0.39 is 0 Å². The predicted molar refractivity (Wildman–Crippen MR) is 108 cm³/mol. The minimum Gasteiger partial charge on any atom is -0.349 e. The van der Waals surface area contributed by atoms with Crippen molar-refractivity contribution < 1.29 is 4.79 Å². The number of hydrogen-bond donors (Lipinski definition) is 1. The van der Waals surface area contributed by atoms with E-state index in [0.29, 0.717) is 17.3 Å². The van der Waals surface area contributed by atoms with E-state index in [1.54, 1.807) is 0 Å². The lowest BCUT2D eigenvalue weighted by molar-refractivity contribution is 0.0698. The van der Waals surface area contributed by atoms with E-state index in [1.807, 2.05) is 35.4 Å². The number of imidazole rings is 1. The van der Waals surface area contributed by atoms with Crippen molar-refractivity contribution in [3.63, 3.8) is 0 Å². The van der Waals surface area contributed by atoms with Gasteiger partial charge < -0.3 is 14.5 Å². The summed E-state index contributed by atoms with van der Waals surface area (Å²) in [5.41, 5.74) is 1.39. The van der Waals surface area contributed by atoms with E-state index >= 15 is 0 Å². The molecule has 0 radical (unpaired) electrons. The lowest BCUT2D eigenvalue weighted by atomic mass is 9.96. The molecule has 3 heterocycles. The summed E-state index contributed by atoms with van der Waals surface area (Å²) < 4.78 is 2.25. The molecule has 0 bridgehead atoms. The smallest absolute Gasteiger partial charge is 0.271 e. The molecule has 5 nitrogen and oxygen atoms in total. The Kier molecular flexibility index (Phi) is 5.21. The summed E-state index contributed by atoms with van der Waals surface area (Å²) >= 11 is 6.49. The van der Waals surface area contributed by atoms with Crippen LogP contribution in [-0.4, -0.2) is 38.4 Å². The van der Waals surface area contributed by atoms with Gasteiger partial charge in [-0.1, -0.05) is 43.1 Å². The fourth-order valence-electron chi connectivity index (χ4n) is 3.98. The first-order valence-electron chi connectivity index (χ1n) is 9.75. The molecule has 1 aliphatic heterocycles. The molecule has 1 saturated heterocycles. The molecule has 1 amide bonds. The average Bonchev–Trinajstić information content (AvgIpc) is 3.31. The maximum atomic E-state index is 13.1. The molecule has 1 unspecified atom stereocenters. The molecule has 142 valence electrons. The van der Waals surface area contributed by atoms with Crippen LogP contribution in [0.4, 0.5) is 0 Å². The lowest BCUT2D eigenvalue weighted by Crippen LogP contribution is -2.40. The molecule has 1 N–H and O–H groups in total. The summed E-state index contributed by atoms with van der Waals surface area (Å²) in [7, 11) is 0. The summed E-state index contributed by atoms with van der Waals surface area (Å²) in [5, 5.41) is 1.41. The Bertz CT molecular complexity index is 945. The number of halogens is 1. The van der Waals surface area contributed by atoms with Crippen molar-refractivity contribution in [2.45, 2.75) is 45.1 Å². The topological polar surface area (TPSA) is 53.9 Å². The highest BCUT2D eigenvalue weighted by molar-refractivity contribution is 6.38. The second kappa shape index (κ2) is 7.77. The lowest BCUT2D eigenvalue weighted by Gasteiger charge is -2.32. The van der Waals surface area contributed by atoms with E-state index in [0.717, 1.165) is 55.5 Å². The Morgan fingerprint density at radius 1 is 1.37 bits per heavy atom. The van der Waals surface area contributed by atoms with Gasteiger partial charge in [-0.25, -0.2) is 4.98 Å². The number of H-pyrrole nitrogens is 1. The number of aromatic amines is 1. The quantitative estimate of drug-likeness (QED) is 0.684. The summed E-state index contributed by atoms with van der Waals surface area (Å²) in [4.78, 5) is 22.9. The Hall–Kier alpha value is -2.27. The zero-order valence-corrected chi connectivity index (χ0v) is 16.4. The largest absolute Gasteiger partial charge is 0.349 e. The van der Waals surface area contributed by atoms with E-state index in [4.69, 9.17) is 11.6 Å². The first-order chi connectivity index (χ1) is 13.2. The third kappa shape index (κ3) is 3.48. The number of aryl methyl sites for hydroxylation is 1. The van der Waals surface area contributed by atoms with Gasteiger partial charge in [0, 0.05) is 48.8 Å². The maximum Gasteiger partial charge on any atom is 0.271 e. The normalized spacial score (nSPS) is 17.6. The van der Waals surface area contributed by atoms with Gasteiger partial charge in [0.25, 0.3) is 5.91 Å². The van der Waals surface area contributed by atoms with Crippen LogP contribution in [0.2, 0.25) is 5.02 Å². The highest BCUT2D eigenvalue weighted by atomic mass is 35.5. The second-order valence-electron chi connectivity index (χ2n) is 7.28. The number of fused-ring (bicyclic) bond motifs is 1. The fourth-order valence-corrected chi connectivity index (χ4v) is 4.28. The molecule has 6 heteroatoms. The standard InChI is InChI=1S/C21H25ClN4O/c1-2-3-11-25-13-10-23-20(25)15-7-6-12-26(14-15)21(27)19-18(22)16-8-4-5-9-17(16)24-19/h4-5,8-10,13,15,24H,2-3,6-7,11-12,14H2,1H3. The first-order valence-corrected chi connectivity index (χ1v) is 10.1. The molecule has 0 spiro atoms. The van der Waals surface area contributed by atoms with Gasteiger partial charge in [-0.2, -0.15) is 0 Å². The first kappa shape index (κ1) is 18.1. The molecule has 0 aliphatic carbocycles. The number of likely N-dealkylation sites (tertiary alicyclic amines) is 1. The van der Waals surface area contributed by atoms with Crippen LogP contribution in [0.15, 0.2) is 36.7 Å². The number of unbranched alkanes of at least 4 members (excludes halogenated alkanes) is 1. The van der Waals surface area contributed by atoms with E-state index in [-0.39, 0.29) is 11.8 Å². The number of carbonyl (C=O) groups excluding carboxylic acids is 1. The second-order valence-corrected chi connectivity index (χ2v) is 7.66. The zero-order valence-electron chi connectivity index (χ0n) is 15.6. The number of nitrogens with one attached hydrogen (secondary N) is 1. The molecular formula is C21H25ClN4O. The molecule has 2 aromatic heterocycles. The molecule has 27 heavy (non-hydrogen) atoms. The molecule has 3 aromatic rings. The third-order valence-electron chi connectivity index (χ3n) is 5.43. The average molecular weight is 385 g/mol. The summed E-state index contributed by atoms with van der Waals surface area (Å²) in [6, 6.07) is 7.76. The molecule has 0 saturated carbocycles. The van der Waals surface area contributed by atoms with Gasteiger partial charge in [-0.15, -0.1) is 0 Å². The van der Waals surface area contributed by atoms with Gasteiger partial charge >= 0.3 is 0 Å². The zero-order chi connectivity index (χ0) is 18.8. The number of carbonyl (C=O) groups is 1. The number of benzene rings is 1. The van der Waals surface area contributed by atoms with Crippen LogP contribution in [0.3, 0.4) is 0 Å². The van der Waals surface area contributed by atoms with E-state index in [9.17, 15) is 4.79 Å². The monoisotopic (exact) mass is 384 g/mol. The van der Waals surface area contributed by atoms with Gasteiger partial charge in [-0.3, -0.25) is 4.79 Å². The number of rotatable bonds is 5. The Labute approximate surface area is 164 Å². The SMILES string of the molecule is CCCCn1ccnc1C1CCCN(C(=O)c2[nH]c3ccccc3c2Cl)C1. The van der Waals surface area contributed by atoms with Crippen LogP contribution in [-0.2, 0) is 6.54 Å². The van der Waals surface area contributed by atoms with Crippen LogP contribution in [0, 0.1) is 0 Å². The van der Waals surface area contributed by atoms with Crippen molar-refractivity contribution in [1.29, 1.82) is 0 Å². The minimum absolute atomic E-state index is 0.0208. The summed E-state index contributed by atoms with van der Waals surface area (Å²) in [5.74, 6) is 1.36. The van der Waals surface area contributed by atoms with E-state index in [1.165, 1.54) is 0 Å². The van der Waals surface area contributed by atoms with Crippen molar-refractivity contribution in [3.05, 3.63) is 53.2 Å². The van der Waals surface area contributed by atoms with Gasteiger partial charge in [0.2, 0.25) is 0 Å². The Morgan fingerprint density at radius 2 is 2.22 bits per heavy atom. The molecule has 1 aliphatic rings. The number of piperidine rings is 1. The molecule has 1 aromatic carbocycles. The fraction of sp³-hybridized carbons (Fsp3) is 0.429. The summed E-state index contributed by atoms with van der Waals surface area (Å²) in [6.07, 6.45) is 8.28. The highest BCUT2D eigenvalue weighted by Gasteiger charge is 2.30.